The van der Waals surface area contributed by atoms with Gasteiger partial charge in [0.05, 0.1) is 6.54 Å². The summed E-state index contributed by atoms with van der Waals surface area (Å²) in [6.07, 6.45) is 1.23. The monoisotopic (exact) mass is 259 g/mol. The molecule has 2 N–H and O–H groups in total. The van der Waals surface area contributed by atoms with Crippen molar-refractivity contribution in [3.05, 3.63) is 34.9 Å². The maximum atomic E-state index is 6.00. The molecule has 0 unspecified atom stereocenters. The number of nitrogens with two attached hydrogens (primary N) is 1. The molecular formula is C16H25N3. The molecule has 3 heteroatoms. The van der Waals surface area contributed by atoms with Gasteiger partial charge in [0, 0.05) is 18.5 Å². The van der Waals surface area contributed by atoms with E-state index in [4.69, 9.17) is 5.73 Å². The van der Waals surface area contributed by atoms with E-state index in [1.165, 1.54) is 23.1 Å². The maximum absolute atomic E-state index is 6.00. The second-order valence-corrected chi connectivity index (χ2v) is 6.22. The van der Waals surface area contributed by atoms with Crippen LogP contribution in [0.2, 0.25) is 0 Å². The van der Waals surface area contributed by atoms with Gasteiger partial charge >= 0.3 is 0 Å². The van der Waals surface area contributed by atoms with Crippen molar-refractivity contribution in [1.82, 2.24) is 4.90 Å². The molecule has 1 aliphatic rings. The van der Waals surface area contributed by atoms with Crippen LogP contribution in [0, 0.1) is 13.8 Å². The lowest BCUT2D eigenvalue weighted by Gasteiger charge is -2.33. The molecule has 1 heterocycles. The predicted molar refractivity (Wildman–Crippen MR) is 81.6 cm³/mol. The van der Waals surface area contributed by atoms with Crippen molar-refractivity contribution < 1.29 is 0 Å². The Bertz CT molecular complexity index is 485. The molecule has 1 aliphatic heterocycles. The van der Waals surface area contributed by atoms with Gasteiger partial charge in [-0.1, -0.05) is 37.6 Å². The predicted octanol–water partition coefficient (Wildman–Crippen LogP) is 2.60. The average molecular weight is 259 g/mol. The molecule has 0 aliphatic carbocycles. The number of rotatable bonds is 3. The van der Waals surface area contributed by atoms with Gasteiger partial charge in [0.2, 0.25) is 0 Å². The van der Waals surface area contributed by atoms with E-state index in [-0.39, 0.29) is 5.41 Å². The Morgan fingerprint density at radius 3 is 2.53 bits per heavy atom. The molecule has 0 atom stereocenters. The fourth-order valence-electron chi connectivity index (χ4n) is 2.58. The molecule has 1 aromatic carbocycles. The SMILES string of the molecule is Cc1ccc(C(C)(C)CN=C(N)N2CCC2)c(C)c1. The lowest BCUT2D eigenvalue weighted by Crippen LogP contribution is -2.46. The zero-order valence-electron chi connectivity index (χ0n) is 12.5. The fraction of sp³-hybridized carbons (Fsp3) is 0.562. The van der Waals surface area contributed by atoms with E-state index >= 15 is 0 Å². The summed E-state index contributed by atoms with van der Waals surface area (Å²) in [5.41, 5.74) is 10.0. The molecule has 0 aromatic heterocycles. The Kier molecular flexibility index (Phi) is 3.83. The van der Waals surface area contributed by atoms with E-state index in [0.29, 0.717) is 5.96 Å². The third kappa shape index (κ3) is 3.09. The highest BCUT2D eigenvalue weighted by Gasteiger charge is 2.23. The molecule has 0 amide bonds. The zero-order valence-corrected chi connectivity index (χ0v) is 12.5. The Morgan fingerprint density at radius 1 is 1.32 bits per heavy atom. The standard InChI is InChI=1S/C16H25N3/c1-12-6-7-14(13(2)10-12)16(3,4)11-18-15(17)19-8-5-9-19/h6-7,10H,5,8-9,11H2,1-4H3,(H2,17,18). The van der Waals surface area contributed by atoms with Gasteiger partial charge in [-0.25, -0.2) is 0 Å². The Hall–Kier alpha value is -1.51. The second kappa shape index (κ2) is 5.24. The quantitative estimate of drug-likeness (QED) is 0.669. The van der Waals surface area contributed by atoms with Crippen molar-refractivity contribution in [2.24, 2.45) is 10.7 Å². The van der Waals surface area contributed by atoms with E-state index in [1.54, 1.807) is 0 Å². The molecule has 0 bridgehead atoms. The van der Waals surface area contributed by atoms with E-state index in [1.807, 2.05) is 0 Å². The van der Waals surface area contributed by atoms with Crippen LogP contribution in [0.4, 0.5) is 0 Å². The second-order valence-electron chi connectivity index (χ2n) is 6.22. The minimum absolute atomic E-state index is 0.0211. The number of likely N-dealkylation sites (tertiary alicyclic amines) is 1. The summed E-state index contributed by atoms with van der Waals surface area (Å²) < 4.78 is 0. The molecule has 1 fully saturated rings. The van der Waals surface area contributed by atoms with Crippen LogP contribution in [0.15, 0.2) is 23.2 Å². The van der Waals surface area contributed by atoms with Crippen LogP contribution in [0.5, 0.6) is 0 Å². The topological polar surface area (TPSA) is 41.6 Å². The zero-order chi connectivity index (χ0) is 14.0. The van der Waals surface area contributed by atoms with Crippen LogP contribution < -0.4 is 5.73 Å². The number of hydrogen-bond acceptors (Lipinski definition) is 1. The molecule has 3 nitrogen and oxygen atoms in total. The lowest BCUT2D eigenvalue weighted by atomic mass is 9.81. The molecular weight excluding hydrogens is 234 g/mol. The minimum atomic E-state index is 0.0211. The van der Waals surface area contributed by atoms with Crippen molar-refractivity contribution >= 4 is 5.96 Å². The van der Waals surface area contributed by atoms with Gasteiger partial charge < -0.3 is 10.6 Å². The number of aliphatic imine (C=N–C) groups is 1. The normalized spacial score (nSPS) is 16.4. The van der Waals surface area contributed by atoms with Crippen molar-refractivity contribution in [2.75, 3.05) is 19.6 Å². The first-order chi connectivity index (χ1) is 8.90. The lowest BCUT2D eigenvalue weighted by molar-refractivity contribution is 0.295. The van der Waals surface area contributed by atoms with E-state index in [0.717, 1.165) is 19.6 Å². The minimum Gasteiger partial charge on any atom is -0.370 e. The van der Waals surface area contributed by atoms with Crippen molar-refractivity contribution in [3.63, 3.8) is 0 Å². The molecule has 0 radical (unpaired) electrons. The van der Waals surface area contributed by atoms with Crippen LogP contribution >= 0.6 is 0 Å². The largest absolute Gasteiger partial charge is 0.370 e. The van der Waals surface area contributed by atoms with Gasteiger partial charge in [-0.05, 0) is 31.4 Å². The number of hydrogen-bond donors (Lipinski definition) is 1. The molecule has 2 rings (SSSR count). The third-order valence-corrected chi connectivity index (χ3v) is 3.93. The number of guanidine groups is 1. The molecule has 19 heavy (non-hydrogen) atoms. The summed E-state index contributed by atoms with van der Waals surface area (Å²) in [7, 11) is 0. The summed E-state index contributed by atoms with van der Waals surface area (Å²) in [6.45, 7) is 11.6. The smallest absolute Gasteiger partial charge is 0.191 e. The molecule has 1 aromatic rings. The van der Waals surface area contributed by atoms with Crippen LogP contribution in [-0.2, 0) is 5.41 Å². The maximum Gasteiger partial charge on any atom is 0.191 e. The first kappa shape index (κ1) is 13.9. The van der Waals surface area contributed by atoms with E-state index < -0.39 is 0 Å². The Balaban J connectivity index is 2.12. The highest BCUT2D eigenvalue weighted by atomic mass is 15.3. The fourth-order valence-corrected chi connectivity index (χ4v) is 2.58. The summed E-state index contributed by atoms with van der Waals surface area (Å²) in [6, 6.07) is 6.63. The van der Waals surface area contributed by atoms with Gasteiger partial charge in [0.1, 0.15) is 0 Å². The molecule has 0 saturated carbocycles. The highest BCUT2D eigenvalue weighted by molar-refractivity contribution is 5.78. The first-order valence-corrected chi connectivity index (χ1v) is 7.03. The van der Waals surface area contributed by atoms with Gasteiger partial charge in [0.25, 0.3) is 0 Å². The summed E-state index contributed by atoms with van der Waals surface area (Å²) in [5, 5.41) is 0. The number of aryl methyl sites for hydroxylation is 2. The highest BCUT2D eigenvalue weighted by Crippen LogP contribution is 2.27. The molecule has 1 saturated heterocycles. The molecule has 104 valence electrons. The van der Waals surface area contributed by atoms with Gasteiger partial charge in [-0.2, -0.15) is 0 Å². The Morgan fingerprint density at radius 2 is 2.00 bits per heavy atom. The number of nitrogens with zero attached hydrogens (tertiary/aromatic N) is 2. The summed E-state index contributed by atoms with van der Waals surface area (Å²) >= 11 is 0. The van der Waals surface area contributed by atoms with Gasteiger partial charge in [0.15, 0.2) is 5.96 Å². The van der Waals surface area contributed by atoms with Crippen molar-refractivity contribution in [3.8, 4) is 0 Å². The van der Waals surface area contributed by atoms with Crippen LogP contribution in [0.3, 0.4) is 0 Å². The van der Waals surface area contributed by atoms with Crippen molar-refractivity contribution in [1.29, 1.82) is 0 Å². The van der Waals surface area contributed by atoms with Crippen molar-refractivity contribution in [2.45, 2.75) is 39.5 Å². The van der Waals surface area contributed by atoms with Crippen LogP contribution in [0.1, 0.15) is 37.0 Å². The first-order valence-electron chi connectivity index (χ1n) is 7.03. The van der Waals surface area contributed by atoms with Gasteiger partial charge in [-0.3, -0.25) is 4.99 Å². The third-order valence-electron chi connectivity index (χ3n) is 3.93. The average Bonchev–Trinajstić information content (AvgIpc) is 2.23. The van der Waals surface area contributed by atoms with Gasteiger partial charge in [-0.15, -0.1) is 0 Å². The summed E-state index contributed by atoms with van der Waals surface area (Å²) in [4.78, 5) is 6.72. The van der Waals surface area contributed by atoms with Crippen LogP contribution in [-0.4, -0.2) is 30.5 Å². The van der Waals surface area contributed by atoms with E-state index in [2.05, 4.69) is 55.8 Å². The van der Waals surface area contributed by atoms with E-state index in [9.17, 15) is 0 Å². The Labute approximate surface area is 116 Å². The summed E-state index contributed by atoms with van der Waals surface area (Å²) in [5.74, 6) is 0.698. The van der Waals surface area contributed by atoms with Crippen LogP contribution in [0.25, 0.3) is 0 Å². The number of benzene rings is 1. The molecule has 0 spiro atoms.